The highest BCUT2D eigenvalue weighted by Gasteiger charge is 2.16. The van der Waals surface area contributed by atoms with Crippen LogP contribution in [0.25, 0.3) is 0 Å². The van der Waals surface area contributed by atoms with Gasteiger partial charge in [0.05, 0.1) is 0 Å². The van der Waals surface area contributed by atoms with E-state index < -0.39 is 11.7 Å². The van der Waals surface area contributed by atoms with E-state index in [0.717, 1.165) is 11.3 Å². The highest BCUT2D eigenvalue weighted by molar-refractivity contribution is 5.67. The Kier molecular flexibility index (Phi) is 4.67. The third-order valence-corrected chi connectivity index (χ3v) is 2.21. The molecule has 1 atom stereocenters. The first-order valence-electron chi connectivity index (χ1n) is 5.93. The van der Waals surface area contributed by atoms with E-state index in [4.69, 9.17) is 10.5 Å². The van der Waals surface area contributed by atoms with Gasteiger partial charge in [-0.3, -0.25) is 4.98 Å². The summed E-state index contributed by atoms with van der Waals surface area (Å²) in [6.07, 6.45) is 1.25. The first-order valence-corrected chi connectivity index (χ1v) is 5.93. The lowest BCUT2D eigenvalue weighted by Crippen LogP contribution is -2.36. The monoisotopic (exact) mass is 251 g/mol. The number of amides is 1. The van der Waals surface area contributed by atoms with E-state index in [2.05, 4.69) is 10.3 Å². The Labute approximate surface area is 108 Å². The van der Waals surface area contributed by atoms with Gasteiger partial charge in [0.15, 0.2) is 0 Å². The van der Waals surface area contributed by atoms with Gasteiger partial charge < -0.3 is 15.8 Å². The molecule has 1 heterocycles. The summed E-state index contributed by atoms with van der Waals surface area (Å²) < 4.78 is 5.13. The fraction of sp³-hybridized carbons (Fsp3) is 0.538. The predicted octanol–water partition coefficient (Wildman–Crippen LogP) is 1.91. The smallest absolute Gasteiger partial charge is 0.407 e. The van der Waals surface area contributed by atoms with Crippen molar-refractivity contribution in [1.82, 2.24) is 10.3 Å². The van der Waals surface area contributed by atoms with Crippen molar-refractivity contribution >= 4 is 6.09 Å². The van der Waals surface area contributed by atoms with Crippen LogP contribution in [0.4, 0.5) is 4.79 Å². The van der Waals surface area contributed by atoms with Gasteiger partial charge in [-0.05, 0) is 45.4 Å². The number of alkyl carbamates (subject to hydrolysis) is 1. The molecule has 0 aliphatic carbocycles. The Morgan fingerprint density at radius 2 is 2.22 bits per heavy atom. The maximum absolute atomic E-state index is 11.5. The van der Waals surface area contributed by atoms with Gasteiger partial charge in [0.25, 0.3) is 0 Å². The molecule has 0 saturated heterocycles. The first-order chi connectivity index (χ1) is 8.28. The summed E-state index contributed by atoms with van der Waals surface area (Å²) in [5.74, 6) is 0. The molecule has 1 aromatic heterocycles. The minimum atomic E-state index is -0.499. The summed E-state index contributed by atoms with van der Waals surface area (Å²) in [4.78, 5) is 15.6. The number of nitrogens with two attached hydrogens (primary N) is 1. The van der Waals surface area contributed by atoms with Crippen LogP contribution in [0.5, 0.6) is 0 Å². The number of nitrogens with one attached hydrogen (secondary N) is 1. The normalized spacial score (nSPS) is 12.9. The summed E-state index contributed by atoms with van der Waals surface area (Å²) in [6.45, 7) is 7.69. The van der Waals surface area contributed by atoms with Gasteiger partial charge in [-0.1, -0.05) is 0 Å². The second kappa shape index (κ2) is 5.82. The van der Waals surface area contributed by atoms with Crippen molar-refractivity contribution < 1.29 is 9.53 Å². The summed E-state index contributed by atoms with van der Waals surface area (Å²) in [6, 6.07) is 3.48. The van der Waals surface area contributed by atoms with Crippen molar-refractivity contribution in [3.8, 4) is 0 Å². The molecule has 0 saturated carbocycles. The van der Waals surface area contributed by atoms with Gasteiger partial charge in [-0.2, -0.15) is 0 Å². The second-order valence-corrected chi connectivity index (χ2v) is 5.22. The number of rotatable bonds is 3. The van der Waals surface area contributed by atoms with Crippen LogP contribution in [-0.2, 0) is 4.74 Å². The number of pyridine rings is 1. The van der Waals surface area contributed by atoms with E-state index in [1.54, 1.807) is 6.20 Å². The fourth-order valence-corrected chi connectivity index (χ4v) is 1.42. The molecule has 0 aliphatic rings. The standard InChI is InChI=1S/C13H21N3O2/c1-9-7-10(5-6-15-9)11(14)8-16-12(17)18-13(2,3)4/h5-7,11H,8,14H2,1-4H3,(H,16,17). The molecule has 5 nitrogen and oxygen atoms in total. The Morgan fingerprint density at radius 3 is 2.78 bits per heavy atom. The maximum Gasteiger partial charge on any atom is 0.407 e. The zero-order valence-electron chi connectivity index (χ0n) is 11.4. The molecular formula is C13H21N3O2. The van der Waals surface area contributed by atoms with Crippen LogP contribution in [0.2, 0.25) is 0 Å². The molecule has 3 N–H and O–H groups in total. The third-order valence-electron chi connectivity index (χ3n) is 2.21. The van der Waals surface area contributed by atoms with E-state index in [-0.39, 0.29) is 6.04 Å². The molecule has 5 heteroatoms. The summed E-state index contributed by atoms with van der Waals surface area (Å²) in [5, 5.41) is 2.65. The number of hydrogen-bond acceptors (Lipinski definition) is 4. The molecule has 0 bridgehead atoms. The number of aromatic nitrogens is 1. The Bertz CT molecular complexity index is 413. The molecule has 100 valence electrons. The maximum atomic E-state index is 11.5. The Morgan fingerprint density at radius 1 is 1.56 bits per heavy atom. The second-order valence-electron chi connectivity index (χ2n) is 5.22. The van der Waals surface area contributed by atoms with E-state index in [9.17, 15) is 4.79 Å². The number of ether oxygens (including phenoxy) is 1. The minimum Gasteiger partial charge on any atom is -0.444 e. The zero-order valence-corrected chi connectivity index (χ0v) is 11.4. The summed E-state index contributed by atoms with van der Waals surface area (Å²) in [5.41, 5.74) is 7.33. The van der Waals surface area contributed by atoms with Crippen LogP contribution < -0.4 is 11.1 Å². The highest BCUT2D eigenvalue weighted by Crippen LogP contribution is 2.10. The SMILES string of the molecule is Cc1cc(C(N)CNC(=O)OC(C)(C)C)ccn1. The van der Waals surface area contributed by atoms with E-state index >= 15 is 0 Å². The van der Waals surface area contributed by atoms with Crippen molar-refractivity contribution in [1.29, 1.82) is 0 Å². The molecule has 0 radical (unpaired) electrons. The lowest BCUT2D eigenvalue weighted by molar-refractivity contribution is 0.0524. The predicted molar refractivity (Wildman–Crippen MR) is 70.1 cm³/mol. The van der Waals surface area contributed by atoms with Crippen molar-refractivity contribution in [2.75, 3.05) is 6.54 Å². The average molecular weight is 251 g/mol. The quantitative estimate of drug-likeness (QED) is 0.860. The molecule has 1 rings (SSSR count). The molecular weight excluding hydrogens is 230 g/mol. The van der Waals surface area contributed by atoms with Crippen LogP contribution >= 0.6 is 0 Å². The molecule has 1 amide bonds. The average Bonchev–Trinajstić information content (AvgIpc) is 2.23. The van der Waals surface area contributed by atoms with Gasteiger partial charge in [-0.25, -0.2) is 4.79 Å². The fourth-order valence-electron chi connectivity index (χ4n) is 1.42. The van der Waals surface area contributed by atoms with Gasteiger partial charge in [-0.15, -0.1) is 0 Å². The van der Waals surface area contributed by atoms with Crippen LogP contribution in [-0.4, -0.2) is 23.2 Å². The summed E-state index contributed by atoms with van der Waals surface area (Å²) >= 11 is 0. The van der Waals surface area contributed by atoms with E-state index in [1.807, 2.05) is 39.8 Å². The Balaban J connectivity index is 2.46. The lowest BCUT2D eigenvalue weighted by atomic mass is 10.1. The third kappa shape index (κ3) is 5.14. The van der Waals surface area contributed by atoms with Crippen LogP contribution in [0, 0.1) is 6.92 Å². The summed E-state index contributed by atoms with van der Waals surface area (Å²) in [7, 11) is 0. The molecule has 0 fully saturated rings. The number of hydrogen-bond donors (Lipinski definition) is 2. The van der Waals surface area contributed by atoms with Crippen molar-refractivity contribution in [3.63, 3.8) is 0 Å². The molecule has 1 unspecified atom stereocenters. The number of carbonyl (C=O) groups is 1. The minimum absolute atomic E-state index is 0.265. The largest absolute Gasteiger partial charge is 0.444 e. The van der Waals surface area contributed by atoms with Gasteiger partial charge in [0.2, 0.25) is 0 Å². The Hall–Kier alpha value is -1.62. The first kappa shape index (κ1) is 14.4. The van der Waals surface area contributed by atoms with Gasteiger partial charge >= 0.3 is 6.09 Å². The van der Waals surface area contributed by atoms with Gasteiger partial charge in [0, 0.05) is 24.5 Å². The highest BCUT2D eigenvalue weighted by atomic mass is 16.6. The van der Waals surface area contributed by atoms with Crippen LogP contribution in [0.3, 0.4) is 0 Å². The number of aryl methyl sites for hydroxylation is 1. The van der Waals surface area contributed by atoms with E-state index in [1.165, 1.54) is 0 Å². The molecule has 0 spiro atoms. The molecule has 1 aromatic rings. The number of carbonyl (C=O) groups excluding carboxylic acids is 1. The van der Waals surface area contributed by atoms with E-state index in [0.29, 0.717) is 6.54 Å². The van der Waals surface area contributed by atoms with Crippen molar-refractivity contribution in [2.24, 2.45) is 5.73 Å². The number of nitrogens with zero attached hydrogens (tertiary/aromatic N) is 1. The van der Waals surface area contributed by atoms with Crippen molar-refractivity contribution in [2.45, 2.75) is 39.3 Å². The topological polar surface area (TPSA) is 77.2 Å². The lowest BCUT2D eigenvalue weighted by Gasteiger charge is -2.21. The zero-order chi connectivity index (χ0) is 13.8. The van der Waals surface area contributed by atoms with Crippen molar-refractivity contribution in [3.05, 3.63) is 29.6 Å². The molecule has 18 heavy (non-hydrogen) atoms. The molecule has 0 aromatic carbocycles. The van der Waals surface area contributed by atoms with Crippen LogP contribution in [0.1, 0.15) is 38.1 Å². The van der Waals surface area contributed by atoms with Gasteiger partial charge in [0.1, 0.15) is 5.60 Å². The molecule has 0 aliphatic heterocycles. The van der Waals surface area contributed by atoms with Crippen LogP contribution in [0.15, 0.2) is 18.3 Å².